The van der Waals surface area contributed by atoms with Gasteiger partial charge in [-0.15, -0.1) is 0 Å². The zero-order chi connectivity index (χ0) is 14.7. The summed E-state index contributed by atoms with van der Waals surface area (Å²) >= 11 is 0. The highest BCUT2D eigenvalue weighted by atomic mass is 16.5. The fourth-order valence-electron chi connectivity index (χ4n) is 1.79. The van der Waals surface area contributed by atoms with E-state index in [4.69, 9.17) is 20.1 Å². The summed E-state index contributed by atoms with van der Waals surface area (Å²) in [6.45, 7) is -1.60. The predicted molar refractivity (Wildman–Crippen MR) is 57.9 cm³/mol. The van der Waals surface area contributed by atoms with Gasteiger partial charge in [0.05, 0.1) is 13.2 Å². The molecule has 19 heavy (non-hydrogen) atoms. The molecule has 0 aromatic carbocycles. The Kier molecular flexibility index (Phi) is 5.77. The number of aliphatic hydroxyl groups is 7. The molecule has 0 spiro atoms. The van der Waals surface area contributed by atoms with Gasteiger partial charge in [0.25, 0.3) is 0 Å². The summed E-state index contributed by atoms with van der Waals surface area (Å²) in [5, 5.41) is 64.6. The molecule has 0 aromatic heterocycles. The predicted octanol–water partition coefficient (Wildman–Crippen LogP) is -4.89. The molecule has 1 saturated heterocycles. The minimum absolute atomic E-state index is 0.715. The molecule has 0 aromatic rings. The molecule has 0 aliphatic carbocycles. The van der Waals surface area contributed by atoms with Crippen LogP contribution in [0.15, 0.2) is 0 Å². The minimum atomic E-state index is -2.02. The van der Waals surface area contributed by atoms with Crippen LogP contribution >= 0.6 is 0 Å². The van der Waals surface area contributed by atoms with E-state index in [-0.39, 0.29) is 0 Å². The Morgan fingerprint density at radius 2 is 1.63 bits per heavy atom. The first-order chi connectivity index (χ1) is 8.84. The van der Waals surface area contributed by atoms with Crippen molar-refractivity contribution in [1.82, 2.24) is 0 Å². The van der Waals surface area contributed by atoms with Crippen LogP contribution < -0.4 is 0 Å². The van der Waals surface area contributed by atoms with Gasteiger partial charge in [-0.1, -0.05) is 0 Å². The van der Waals surface area contributed by atoms with Crippen LogP contribution in [-0.2, 0) is 9.53 Å². The Labute approximate surface area is 108 Å². The first-order valence-corrected chi connectivity index (χ1v) is 5.66. The molecule has 0 amide bonds. The average molecular weight is 282 g/mol. The second kappa shape index (κ2) is 6.68. The quantitative estimate of drug-likeness (QED) is 0.261. The summed E-state index contributed by atoms with van der Waals surface area (Å²) < 4.78 is 4.90. The first-order valence-electron chi connectivity index (χ1n) is 5.66. The topological polar surface area (TPSA) is 168 Å². The van der Waals surface area contributed by atoms with E-state index in [0.29, 0.717) is 0 Å². The van der Waals surface area contributed by atoms with Crippen LogP contribution in [0.25, 0.3) is 0 Å². The lowest BCUT2D eigenvalue weighted by molar-refractivity contribution is -0.230. The number of ketones is 1. The molecule has 112 valence electrons. The van der Waals surface area contributed by atoms with E-state index in [9.17, 15) is 25.2 Å². The van der Waals surface area contributed by atoms with Crippen molar-refractivity contribution in [2.75, 3.05) is 13.2 Å². The number of rotatable bonds is 5. The van der Waals surface area contributed by atoms with Crippen molar-refractivity contribution in [3.8, 4) is 0 Å². The van der Waals surface area contributed by atoms with Crippen LogP contribution in [-0.4, -0.2) is 97.5 Å². The van der Waals surface area contributed by atoms with Gasteiger partial charge in [-0.05, 0) is 0 Å². The Hall–Kier alpha value is -0.650. The van der Waals surface area contributed by atoms with Crippen molar-refractivity contribution in [3.63, 3.8) is 0 Å². The number of aliphatic hydroxyl groups excluding tert-OH is 7. The SMILES string of the molecule is O=C(C1O[C@H](CO)[C@@H](O)[C@H](O)[C@@H]1O)[C@H](O)[C@H](O)CO. The lowest BCUT2D eigenvalue weighted by atomic mass is 9.90. The maximum Gasteiger partial charge on any atom is 0.195 e. The molecule has 9 heteroatoms. The Bertz CT molecular complexity index is 307. The van der Waals surface area contributed by atoms with E-state index >= 15 is 0 Å². The zero-order valence-electron chi connectivity index (χ0n) is 9.90. The lowest BCUT2D eigenvalue weighted by Gasteiger charge is -2.40. The van der Waals surface area contributed by atoms with Crippen LogP contribution in [0.5, 0.6) is 0 Å². The molecule has 0 bridgehead atoms. The van der Waals surface area contributed by atoms with Gasteiger partial charge in [-0.25, -0.2) is 0 Å². The molecule has 1 rings (SSSR count). The first kappa shape index (κ1) is 16.4. The molecule has 0 saturated carbocycles. The Morgan fingerprint density at radius 1 is 1.05 bits per heavy atom. The second-order valence-electron chi connectivity index (χ2n) is 4.35. The fourth-order valence-corrected chi connectivity index (χ4v) is 1.79. The van der Waals surface area contributed by atoms with Gasteiger partial charge in [-0.3, -0.25) is 4.79 Å². The molecule has 0 radical (unpaired) electrons. The maximum absolute atomic E-state index is 11.7. The van der Waals surface area contributed by atoms with E-state index in [1.54, 1.807) is 0 Å². The van der Waals surface area contributed by atoms with E-state index in [1.165, 1.54) is 0 Å². The van der Waals surface area contributed by atoms with Crippen LogP contribution in [0, 0.1) is 0 Å². The third-order valence-corrected chi connectivity index (χ3v) is 3.02. The standard InChI is InChI=1S/C10H18O9/c11-1-3(13)5(14)8(17)10-9(18)7(16)6(15)4(2-12)19-10/h3-7,9-16,18H,1-2H2/t3-,4-,5-,6-,7+,9+,10?/m1/s1. The van der Waals surface area contributed by atoms with Crippen LogP contribution in [0.4, 0.5) is 0 Å². The summed E-state index contributed by atoms with van der Waals surface area (Å²) in [6, 6.07) is 0. The smallest absolute Gasteiger partial charge is 0.195 e. The number of carbonyl (C=O) groups is 1. The molecule has 1 unspecified atom stereocenters. The van der Waals surface area contributed by atoms with Crippen molar-refractivity contribution in [1.29, 1.82) is 0 Å². The largest absolute Gasteiger partial charge is 0.394 e. The van der Waals surface area contributed by atoms with Crippen molar-refractivity contribution in [3.05, 3.63) is 0 Å². The molecule has 7 N–H and O–H groups in total. The highest BCUT2D eigenvalue weighted by Crippen LogP contribution is 2.23. The van der Waals surface area contributed by atoms with Gasteiger partial charge in [0.2, 0.25) is 0 Å². The summed E-state index contributed by atoms with van der Waals surface area (Å²) in [5.74, 6) is -1.17. The number of carbonyl (C=O) groups excluding carboxylic acids is 1. The maximum atomic E-state index is 11.7. The van der Waals surface area contributed by atoms with Crippen LogP contribution in [0.3, 0.4) is 0 Å². The van der Waals surface area contributed by atoms with Crippen LogP contribution in [0.2, 0.25) is 0 Å². The molecule has 1 fully saturated rings. The molecular formula is C10H18O9. The highest BCUT2D eigenvalue weighted by Gasteiger charge is 2.48. The molecule has 9 nitrogen and oxygen atoms in total. The van der Waals surface area contributed by atoms with E-state index in [0.717, 1.165) is 0 Å². The van der Waals surface area contributed by atoms with E-state index in [2.05, 4.69) is 0 Å². The monoisotopic (exact) mass is 282 g/mol. The van der Waals surface area contributed by atoms with Gasteiger partial charge >= 0.3 is 0 Å². The number of ether oxygens (including phenoxy) is 1. The minimum Gasteiger partial charge on any atom is -0.394 e. The zero-order valence-corrected chi connectivity index (χ0v) is 9.90. The third kappa shape index (κ3) is 3.27. The van der Waals surface area contributed by atoms with Crippen molar-refractivity contribution in [2.24, 2.45) is 0 Å². The molecule has 1 aliphatic rings. The van der Waals surface area contributed by atoms with Crippen molar-refractivity contribution >= 4 is 5.78 Å². The van der Waals surface area contributed by atoms with Crippen molar-refractivity contribution < 1.29 is 45.3 Å². The third-order valence-electron chi connectivity index (χ3n) is 3.02. The summed E-state index contributed by atoms with van der Waals surface area (Å²) in [6.07, 6.45) is -12.0. The summed E-state index contributed by atoms with van der Waals surface area (Å²) in [7, 11) is 0. The Morgan fingerprint density at radius 3 is 2.11 bits per heavy atom. The molecule has 7 atom stereocenters. The lowest BCUT2D eigenvalue weighted by Crippen LogP contribution is -2.62. The van der Waals surface area contributed by atoms with Gasteiger partial charge in [0.15, 0.2) is 5.78 Å². The van der Waals surface area contributed by atoms with Gasteiger partial charge in [0, 0.05) is 0 Å². The molecule has 1 heterocycles. The van der Waals surface area contributed by atoms with Gasteiger partial charge in [0.1, 0.15) is 42.7 Å². The summed E-state index contributed by atoms with van der Waals surface area (Å²) in [4.78, 5) is 11.7. The van der Waals surface area contributed by atoms with Crippen LogP contribution in [0.1, 0.15) is 0 Å². The van der Waals surface area contributed by atoms with Crippen molar-refractivity contribution in [2.45, 2.75) is 42.7 Å². The number of Topliss-reactive ketones (excluding diaryl/α,β-unsaturated/α-hetero) is 1. The molecule has 1 aliphatic heterocycles. The fraction of sp³-hybridized carbons (Fsp3) is 0.900. The molecular weight excluding hydrogens is 264 g/mol. The number of hydrogen-bond donors (Lipinski definition) is 7. The van der Waals surface area contributed by atoms with E-state index in [1.807, 2.05) is 0 Å². The normalized spacial score (nSPS) is 38.8. The van der Waals surface area contributed by atoms with Gasteiger partial charge in [-0.2, -0.15) is 0 Å². The Balaban J connectivity index is 2.84. The average Bonchev–Trinajstić information content (AvgIpc) is 2.42. The number of hydrogen-bond acceptors (Lipinski definition) is 9. The van der Waals surface area contributed by atoms with E-state index < -0.39 is 61.7 Å². The highest BCUT2D eigenvalue weighted by molar-refractivity contribution is 5.88. The second-order valence-corrected chi connectivity index (χ2v) is 4.35. The summed E-state index contributed by atoms with van der Waals surface area (Å²) in [5.41, 5.74) is 0. The van der Waals surface area contributed by atoms with Gasteiger partial charge < -0.3 is 40.5 Å².